The molecule has 1 aliphatic carbocycles. The summed E-state index contributed by atoms with van der Waals surface area (Å²) >= 11 is 0. The van der Waals surface area contributed by atoms with E-state index in [0.29, 0.717) is 5.92 Å². The molecule has 0 saturated heterocycles. The lowest BCUT2D eigenvalue weighted by Crippen LogP contribution is -2.41. The second-order valence-electron chi connectivity index (χ2n) is 15.2. The van der Waals surface area contributed by atoms with Crippen LogP contribution >= 0.6 is 0 Å². The first-order chi connectivity index (χ1) is 26.3. The van der Waals surface area contributed by atoms with Crippen LogP contribution in [-0.2, 0) is 0 Å². The quantitative estimate of drug-likeness (QED) is 0.111. The number of pyridine rings is 1. The van der Waals surface area contributed by atoms with E-state index in [2.05, 4.69) is 181 Å². The lowest BCUT2D eigenvalue weighted by molar-refractivity contribution is -0.713. The molecule has 0 spiro atoms. The van der Waals surface area contributed by atoms with E-state index in [1.165, 1.54) is 115 Å². The third kappa shape index (κ3) is 9.35. The van der Waals surface area contributed by atoms with Crippen LogP contribution in [0.25, 0.3) is 0 Å². The van der Waals surface area contributed by atoms with E-state index >= 15 is 0 Å². The summed E-state index contributed by atoms with van der Waals surface area (Å²) in [5.74, 6) is 0.649. The molecule has 5 aromatic carbocycles. The number of rotatable bonds is 10. The van der Waals surface area contributed by atoms with E-state index in [1.54, 1.807) is 0 Å². The highest BCUT2D eigenvalue weighted by Gasteiger charge is 2.30. The van der Waals surface area contributed by atoms with Gasteiger partial charge in [0, 0.05) is 36.6 Å². The lowest BCUT2D eigenvalue weighted by atomic mass is 9.76. The predicted molar refractivity (Wildman–Crippen MR) is 223 cm³/mol. The molecule has 1 N–H and O–H groups in total. The summed E-state index contributed by atoms with van der Waals surface area (Å²) in [4.78, 5) is 0. The SMILES string of the molecule is CC(Nc1c(C2CCCCCCCCCCC2)cc(C(c2ccccc2)c2ccccc2)cc1C(c1ccccc1)c1ccccc1)[n+]1ccccc1. The van der Waals surface area contributed by atoms with Gasteiger partial charge in [0.1, 0.15) is 0 Å². The van der Waals surface area contributed by atoms with Crippen molar-refractivity contribution in [2.45, 2.75) is 101 Å². The third-order valence-electron chi connectivity index (χ3n) is 11.5. The Kier molecular flexibility index (Phi) is 12.8. The van der Waals surface area contributed by atoms with Crippen LogP contribution in [0.2, 0.25) is 0 Å². The zero-order valence-corrected chi connectivity index (χ0v) is 31.6. The maximum Gasteiger partial charge on any atom is 0.228 e. The molecule has 0 radical (unpaired) electrons. The van der Waals surface area contributed by atoms with Gasteiger partial charge < -0.3 is 5.32 Å². The Hall–Kier alpha value is -4.95. The van der Waals surface area contributed by atoms with Crippen molar-refractivity contribution in [3.05, 3.63) is 203 Å². The van der Waals surface area contributed by atoms with E-state index in [1.807, 2.05) is 0 Å². The van der Waals surface area contributed by atoms with Gasteiger partial charge in [0.05, 0.1) is 0 Å². The highest BCUT2D eigenvalue weighted by atomic mass is 15.1. The van der Waals surface area contributed by atoms with Gasteiger partial charge in [0.2, 0.25) is 6.17 Å². The minimum absolute atomic E-state index is 0.0602. The highest BCUT2D eigenvalue weighted by Crippen LogP contribution is 2.46. The average Bonchev–Trinajstić information content (AvgIpc) is 3.21. The van der Waals surface area contributed by atoms with Crippen LogP contribution < -0.4 is 9.88 Å². The first-order valence-corrected chi connectivity index (χ1v) is 20.4. The number of nitrogens with zero attached hydrogens (tertiary/aromatic N) is 1. The van der Waals surface area contributed by atoms with Crippen molar-refractivity contribution in [2.75, 3.05) is 5.32 Å². The molecule has 2 heteroatoms. The maximum absolute atomic E-state index is 4.21. The van der Waals surface area contributed by atoms with Gasteiger partial charge in [-0.3, -0.25) is 0 Å². The van der Waals surface area contributed by atoms with Crippen LogP contribution in [0.4, 0.5) is 5.69 Å². The van der Waals surface area contributed by atoms with Crippen molar-refractivity contribution < 1.29 is 4.57 Å². The molecule has 1 heterocycles. The Bertz CT molecular complexity index is 1850. The van der Waals surface area contributed by atoms with Crippen molar-refractivity contribution in [2.24, 2.45) is 0 Å². The van der Waals surface area contributed by atoms with Gasteiger partial charge in [-0.1, -0.05) is 197 Å². The zero-order valence-electron chi connectivity index (χ0n) is 31.6. The van der Waals surface area contributed by atoms with Crippen molar-refractivity contribution in [1.82, 2.24) is 0 Å². The summed E-state index contributed by atoms with van der Waals surface area (Å²) in [6, 6.07) is 56.3. The molecule has 0 amide bonds. The van der Waals surface area contributed by atoms with Crippen molar-refractivity contribution in [3.63, 3.8) is 0 Å². The molecule has 1 aromatic heterocycles. The molecule has 1 aliphatic rings. The van der Waals surface area contributed by atoms with Crippen LogP contribution in [0.15, 0.2) is 164 Å². The summed E-state index contributed by atoms with van der Waals surface area (Å²) < 4.78 is 2.30. The van der Waals surface area contributed by atoms with Crippen LogP contribution in [0.5, 0.6) is 0 Å². The second-order valence-corrected chi connectivity index (χ2v) is 15.2. The largest absolute Gasteiger partial charge is 0.327 e. The normalized spacial score (nSPS) is 15.4. The third-order valence-corrected chi connectivity index (χ3v) is 11.5. The first kappa shape index (κ1) is 36.4. The Balaban J connectivity index is 1.50. The lowest BCUT2D eigenvalue weighted by Gasteiger charge is -2.31. The van der Waals surface area contributed by atoms with Crippen molar-refractivity contribution >= 4 is 5.69 Å². The monoisotopic (exact) mass is 697 g/mol. The van der Waals surface area contributed by atoms with Gasteiger partial charge in [-0.05, 0) is 57.7 Å². The maximum atomic E-state index is 4.21. The Labute approximate surface area is 319 Å². The molecule has 0 bridgehead atoms. The summed E-state index contributed by atoms with van der Waals surface area (Å²) in [5, 5.41) is 4.21. The number of nitrogens with one attached hydrogen (secondary N) is 1. The number of hydrogen-bond acceptors (Lipinski definition) is 1. The van der Waals surface area contributed by atoms with Crippen LogP contribution in [0.3, 0.4) is 0 Å². The van der Waals surface area contributed by atoms with E-state index in [-0.39, 0.29) is 18.0 Å². The van der Waals surface area contributed by atoms with E-state index in [9.17, 15) is 0 Å². The Morgan fingerprint density at radius 3 is 1.30 bits per heavy atom. The van der Waals surface area contributed by atoms with E-state index in [0.717, 1.165) is 0 Å². The average molecular weight is 698 g/mol. The fourth-order valence-corrected chi connectivity index (χ4v) is 8.73. The van der Waals surface area contributed by atoms with Crippen molar-refractivity contribution in [3.8, 4) is 0 Å². The predicted octanol–water partition coefficient (Wildman–Crippen LogP) is 13.4. The van der Waals surface area contributed by atoms with Crippen LogP contribution in [0.1, 0.15) is 140 Å². The molecule has 1 saturated carbocycles. The topological polar surface area (TPSA) is 15.9 Å². The molecule has 0 aliphatic heterocycles. The fraction of sp³-hybridized carbons (Fsp3) is 0.314. The molecule has 7 rings (SSSR count). The van der Waals surface area contributed by atoms with Gasteiger partial charge in [-0.15, -0.1) is 0 Å². The minimum Gasteiger partial charge on any atom is -0.327 e. The van der Waals surface area contributed by atoms with E-state index in [4.69, 9.17) is 0 Å². The van der Waals surface area contributed by atoms with Gasteiger partial charge in [0.15, 0.2) is 12.4 Å². The number of aromatic nitrogens is 1. The Morgan fingerprint density at radius 1 is 0.453 bits per heavy atom. The smallest absolute Gasteiger partial charge is 0.228 e. The fourth-order valence-electron chi connectivity index (χ4n) is 8.73. The Morgan fingerprint density at radius 2 is 0.849 bits per heavy atom. The van der Waals surface area contributed by atoms with E-state index < -0.39 is 0 Å². The molecule has 270 valence electrons. The van der Waals surface area contributed by atoms with Crippen molar-refractivity contribution in [1.29, 1.82) is 0 Å². The molecule has 1 atom stereocenters. The zero-order chi connectivity index (χ0) is 36.1. The van der Waals surface area contributed by atoms with Gasteiger partial charge in [-0.25, -0.2) is 0 Å². The molecule has 53 heavy (non-hydrogen) atoms. The molecule has 6 aromatic rings. The van der Waals surface area contributed by atoms with Gasteiger partial charge in [-0.2, -0.15) is 4.57 Å². The number of anilines is 1. The molecule has 1 unspecified atom stereocenters. The molecular formula is C51H57N2+. The first-order valence-electron chi connectivity index (χ1n) is 20.4. The van der Waals surface area contributed by atoms with Gasteiger partial charge >= 0.3 is 0 Å². The molecule has 1 fully saturated rings. The summed E-state index contributed by atoms with van der Waals surface area (Å²) in [7, 11) is 0. The second kappa shape index (κ2) is 18.7. The summed E-state index contributed by atoms with van der Waals surface area (Å²) in [6.45, 7) is 2.30. The highest BCUT2D eigenvalue weighted by molar-refractivity contribution is 5.67. The number of hydrogen-bond donors (Lipinski definition) is 1. The van der Waals surface area contributed by atoms with Crippen LogP contribution in [-0.4, -0.2) is 0 Å². The standard InChI is InChI=1S/C51H57N2/c1-40(53-36-24-13-25-37-53)52-51-47(41-26-14-7-5-3-2-4-6-8-15-27-41)38-46(49(42-28-16-9-17-29-42)43-30-18-10-19-31-43)39-48(51)50(44-32-20-11-21-33-44)45-34-22-12-23-35-45/h9-13,16-25,28-41,49-50,52H,2-8,14-15,26-27H2,1H3/q+1. The molecule has 2 nitrogen and oxygen atoms in total. The summed E-state index contributed by atoms with van der Waals surface area (Å²) in [5.41, 5.74) is 10.8. The molecular weight excluding hydrogens is 641 g/mol. The number of benzene rings is 5. The summed E-state index contributed by atoms with van der Waals surface area (Å²) in [6.07, 6.45) is 19.0. The van der Waals surface area contributed by atoms with Gasteiger partial charge in [0.25, 0.3) is 0 Å². The van der Waals surface area contributed by atoms with Crippen LogP contribution in [0, 0.1) is 0 Å². The minimum atomic E-state index is 0.0602.